The molecule has 0 unspecified atom stereocenters. The van der Waals surface area contributed by atoms with Gasteiger partial charge in [-0.3, -0.25) is 0 Å². The Balaban J connectivity index is 2.56. The fourth-order valence-electron chi connectivity index (χ4n) is 1.99. The van der Waals surface area contributed by atoms with Gasteiger partial charge in [0.05, 0.1) is 5.02 Å². The van der Waals surface area contributed by atoms with E-state index >= 15 is 0 Å². The van der Waals surface area contributed by atoms with E-state index in [0.29, 0.717) is 17.1 Å². The molecule has 0 aliphatic heterocycles. The van der Waals surface area contributed by atoms with E-state index in [2.05, 4.69) is 4.98 Å². The molecule has 0 radical (unpaired) electrons. The number of rotatable bonds is 3. The summed E-state index contributed by atoms with van der Waals surface area (Å²) in [5.74, 6) is 1.01. The van der Waals surface area contributed by atoms with Gasteiger partial charge in [0.25, 0.3) is 0 Å². The zero-order valence-electron chi connectivity index (χ0n) is 10.4. The van der Waals surface area contributed by atoms with Crippen LogP contribution in [0.5, 0.6) is 0 Å². The molecule has 0 atom stereocenters. The molecule has 0 spiro atoms. The average molecular weight is 268 g/mol. The third-order valence-corrected chi connectivity index (χ3v) is 3.22. The van der Waals surface area contributed by atoms with Crippen LogP contribution in [0.3, 0.4) is 0 Å². The molecule has 1 aromatic carbocycles. The highest BCUT2D eigenvalue weighted by Crippen LogP contribution is 2.29. The number of nitrogens with two attached hydrogens (primary N) is 1. The van der Waals surface area contributed by atoms with Crippen molar-refractivity contribution in [3.63, 3.8) is 0 Å². The lowest BCUT2D eigenvalue weighted by Gasteiger charge is -2.04. The minimum atomic E-state index is -0.460. The van der Waals surface area contributed by atoms with Gasteiger partial charge < -0.3 is 10.3 Å². The largest absolute Gasteiger partial charge is 0.383 e. The summed E-state index contributed by atoms with van der Waals surface area (Å²) >= 11 is 5.67. The first-order chi connectivity index (χ1) is 8.58. The van der Waals surface area contributed by atoms with E-state index in [1.54, 1.807) is 6.07 Å². The van der Waals surface area contributed by atoms with Crippen molar-refractivity contribution in [3.05, 3.63) is 34.9 Å². The number of nitrogen functional groups attached to an aromatic ring is 1. The zero-order valence-corrected chi connectivity index (χ0v) is 11.1. The monoisotopic (exact) mass is 267 g/mol. The molecule has 1 heterocycles. The number of benzene rings is 1. The molecule has 96 valence electrons. The highest BCUT2D eigenvalue weighted by molar-refractivity contribution is 6.30. The van der Waals surface area contributed by atoms with E-state index in [0.717, 1.165) is 18.8 Å². The molecule has 3 nitrogen and oxygen atoms in total. The smallest absolute Gasteiger partial charge is 0.142 e. The normalized spacial score (nSPS) is 10.9. The Morgan fingerprint density at radius 2 is 2.11 bits per heavy atom. The van der Waals surface area contributed by atoms with Crippen molar-refractivity contribution in [2.45, 2.75) is 26.8 Å². The molecule has 0 saturated heterocycles. The Bertz CT molecular complexity index is 578. The molecule has 0 saturated carbocycles. The van der Waals surface area contributed by atoms with E-state index in [1.165, 1.54) is 12.1 Å². The molecule has 18 heavy (non-hydrogen) atoms. The number of hydrogen-bond donors (Lipinski definition) is 1. The Morgan fingerprint density at radius 3 is 2.61 bits per heavy atom. The molecule has 2 N–H and O–H groups in total. The predicted molar refractivity (Wildman–Crippen MR) is 72.1 cm³/mol. The molecule has 2 aromatic rings. The molecular formula is C13H15ClFN3. The standard InChI is InChI=1S/C13H15ClFN3/c1-3-11-17-12(13(16)18(11)4-2)8-5-6-9(14)10(15)7-8/h5-7H,3-4,16H2,1-2H3. The van der Waals surface area contributed by atoms with Crippen molar-refractivity contribution in [1.29, 1.82) is 0 Å². The van der Waals surface area contributed by atoms with Crippen LogP contribution in [0.1, 0.15) is 19.7 Å². The number of anilines is 1. The summed E-state index contributed by atoms with van der Waals surface area (Å²) in [7, 11) is 0. The van der Waals surface area contributed by atoms with Gasteiger partial charge >= 0.3 is 0 Å². The quantitative estimate of drug-likeness (QED) is 0.925. The number of aromatic nitrogens is 2. The molecule has 0 aliphatic carbocycles. The second-order valence-corrected chi connectivity index (χ2v) is 4.40. The minimum absolute atomic E-state index is 0.1000. The van der Waals surface area contributed by atoms with Crippen LogP contribution in [0.4, 0.5) is 10.2 Å². The molecule has 0 amide bonds. The summed E-state index contributed by atoms with van der Waals surface area (Å²) in [6, 6.07) is 4.60. The van der Waals surface area contributed by atoms with Gasteiger partial charge in [0, 0.05) is 18.5 Å². The topological polar surface area (TPSA) is 43.8 Å². The lowest BCUT2D eigenvalue weighted by Crippen LogP contribution is -2.04. The summed E-state index contributed by atoms with van der Waals surface area (Å²) in [6.45, 7) is 4.77. The fraction of sp³-hybridized carbons (Fsp3) is 0.308. The van der Waals surface area contributed by atoms with Crippen LogP contribution in [-0.2, 0) is 13.0 Å². The summed E-state index contributed by atoms with van der Waals surface area (Å²) < 4.78 is 15.4. The lowest BCUT2D eigenvalue weighted by atomic mass is 10.1. The number of aryl methyl sites for hydroxylation is 1. The second kappa shape index (κ2) is 4.98. The Hall–Kier alpha value is -1.55. The third kappa shape index (κ3) is 2.08. The maximum atomic E-state index is 13.5. The van der Waals surface area contributed by atoms with Crippen LogP contribution in [0, 0.1) is 5.82 Å². The van der Waals surface area contributed by atoms with Crippen LogP contribution in [0.15, 0.2) is 18.2 Å². The van der Waals surface area contributed by atoms with Crippen LogP contribution >= 0.6 is 11.6 Å². The zero-order chi connectivity index (χ0) is 13.3. The van der Waals surface area contributed by atoms with Gasteiger partial charge in [-0.2, -0.15) is 0 Å². The van der Waals surface area contributed by atoms with E-state index in [9.17, 15) is 4.39 Å². The molecular weight excluding hydrogens is 253 g/mol. The number of halogens is 2. The maximum Gasteiger partial charge on any atom is 0.142 e. The van der Waals surface area contributed by atoms with Gasteiger partial charge in [-0.1, -0.05) is 24.6 Å². The Morgan fingerprint density at radius 1 is 1.39 bits per heavy atom. The first-order valence-electron chi connectivity index (χ1n) is 5.88. The van der Waals surface area contributed by atoms with Gasteiger partial charge in [0.2, 0.25) is 0 Å². The van der Waals surface area contributed by atoms with Crippen molar-refractivity contribution in [3.8, 4) is 11.3 Å². The fourth-order valence-corrected chi connectivity index (χ4v) is 2.11. The van der Waals surface area contributed by atoms with Crippen LogP contribution in [-0.4, -0.2) is 9.55 Å². The van der Waals surface area contributed by atoms with Crippen molar-refractivity contribution < 1.29 is 4.39 Å². The van der Waals surface area contributed by atoms with Gasteiger partial charge in [0.1, 0.15) is 23.2 Å². The van der Waals surface area contributed by atoms with Crippen LogP contribution in [0.2, 0.25) is 5.02 Å². The van der Waals surface area contributed by atoms with E-state index in [4.69, 9.17) is 17.3 Å². The number of nitrogens with zero attached hydrogens (tertiary/aromatic N) is 2. The van der Waals surface area contributed by atoms with E-state index < -0.39 is 5.82 Å². The lowest BCUT2D eigenvalue weighted by molar-refractivity contribution is 0.628. The van der Waals surface area contributed by atoms with Gasteiger partial charge in [-0.25, -0.2) is 9.37 Å². The van der Waals surface area contributed by atoms with Crippen LogP contribution < -0.4 is 5.73 Å². The summed E-state index contributed by atoms with van der Waals surface area (Å²) in [5, 5.41) is 0.1000. The summed E-state index contributed by atoms with van der Waals surface area (Å²) in [4.78, 5) is 4.47. The number of imidazole rings is 1. The summed E-state index contributed by atoms with van der Waals surface area (Å²) in [5.41, 5.74) is 7.32. The van der Waals surface area contributed by atoms with E-state index in [1.807, 2.05) is 18.4 Å². The number of hydrogen-bond acceptors (Lipinski definition) is 2. The second-order valence-electron chi connectivity index (χ2n) is 3.99. The highest BCUT2D eigenvalue weighted by atomic mass is 35.5. The molecule has 2 rings (SSSR count). The van der Waals surface area contributed by atoms with Crippen molar-refractivity contribution in [2.24, 2.45) is 0 Å². The van der Waals surface area contributed by atoms with Crippen molar-refractivity contribution in [1.82, 2.24) is 9.55 Å². The SMILES string of the molecule is CCc1nc(-c2ccc(Cl)c(F)c2)c(N)n1CC. The third-order valence-electron chi connectivity index (χ3n) is 2.91. The molecule has 0 fully saturated rings. The van der Waals surface area contributed by atoms with Gasteiger partial charge in [0.15, 0.2) is 0 Å². The molecule has 5 heteroatoms. The van der Waals surface area contributed by atoms with E-state index in [-0.39, 0.29) is 5.02 Å². The van der Waals surface area contributed by atoms with Gasteiger partial charge in [-0.15, -0.1) is 0 Å². The van der Waals surface area contributed by atoms with Crippen LogP contribution in [0.25, 0.3) is 11.3 Å². The molecule has 1 aromatic heterocycles. The summed E-state index contributed by atoms with van der Waals surface area (Å²) in [6.07, 6.45) is 0.786. The Labute approximate surface area is 110 Å². The van der Waals surface area contributed by atoms with Gasteiger partial charge in [-0.05, 0) is 19.1 Å². The maximum absolute atomic E-state index is 13.5. The minimum Gasteiger partial charge on any atom is -0.383 e. The Kier molecular flexibility index (Phi) is 3.57. The van der Waals surface area contributed by atoms with Crippen molar-refractivity contribution >= 4 is 17.4 Å². The molecule has 0 bridgehead atoms. The predicted octanol–water partition coefficient (Wildman–Crippen LogP) is 3.51. The average Bonchev–Trinajstić information content (AvgIpc) is 2.69. The highest BCUT2D eigenvalue weighted by Gasteiger charge is 2.15. The van der Waals surface area contributed by atoms with Crippen molar-refractivity contribution in [2.75, 3.05) is 5.73 Å². The first kappa shape index (κ1) is 12.9. The molecule has 0 aliphatic rings. The first-order valence-corrected chi connectivity index (χ1v) is 6.26.